The summed E-state index contributed by atoms with van der Waals surface area (Å²) >= 11 is 0. The molecule has 0 aliphatic carbocycles. The van der Waals surface area contributed by atoms with E-state index < -0.39 is 0 Å². The molecule has 0 N–H and O–H groups in total. The van der Waals surface area contributed by atoms with Crippen molar-refractivity contribution in [3.63, 3.8) is 0 Å². The Kier molecular flexibility index (Phi) is 4.49. The Bertz CT molecular complexity index is 2100. The molecule has 0 saturated carbocycles. The van der Waals surface area contributed by atoms with Gasteiger partial charge in [-0.2, -0.15) is 0 Å². The molecule has 0 saturated heterocycles. The van der Waals surface area contributed by atoms with Gasteiger partial charge in [0.2, 0.25) is 0 Å². The van der Waals surface area contributed by atoms with Crippen molar-refractivity contribution in [1.29, 1.82) is 0 Å². The molecule has 0 aliphatic heterocycles. The van der Waals surface area contributed by atoms with Gasteiger partial charge >= 0.3 is 0 Å². The molecule has 8 aromatic rings. The van der Waals surface area contributed by atoms with Crippen molar-refractivity contribution in [2.75, 3.05) is 0 Å². The highest BCUT2D eigenvalue weighted by atomic mass is 15.0. The minimum atomic E-state index is 0.863. The van der Waals surface area contributed by atoms with Gasteiger partial charge in [0.15, 0.2) is 0 Å². The fourth-order valence-electron chi connectivity index (χ4n) is 5.76. The summed E-state index contributed by atoms with van der Waals surface area (Å²) in [6.07, 6.45) is 5.94. The highest BCUT2D eigenvalue weighted by Gasteiger charge is 2.18. The van der Waals surface area contributed by atoms with Crippen LogP contribution < -0.4 is 0 Å². The van der Waals surface area contributed by atoms with Crippen LogP contribution in [-0.2, 0) is 0 Å². The Balaban J connectivity index is 1.46. The molecule has 4 nitrogen and oxygen atoms in total. The van der Waals surface area contributed by atoms with Crippen LogP contribution in [0.1, 0.15) is 0 Å². The summed E-state index contributed by atoms with van der Waals surface area (Å²) in [5.41, 5.74) is 7.48. The zero-order valence-electron chi connectivity index (χ0n) is 20.5. The molecule has 4 heteroatoms. The molecule has 8 rings (SSSR count). The zero-order valence-corrected chi connectivity index (χ0v) is 20.5. The number of rotatable bonds is 3. The number of aromatic nitrogens is 4. The van der Waals surface area contributed by atoms with Gasteiger partial charge < -0.3 is 9.13 Å². The minimum absolute atomic E-state index is 0.863. The SMILES string of the molecule is c1ccc(-n2ccc3c4c(ccc5c6ccccc6n(-c6ccc(-c7ccccn7)nc6)c54)ccc32)cc1. The first kappa shape index (κ1) is 20.9. The second kappa shape index (κ2) is 8.15. The van der Waals surface area contributed by atoms with Crippen LogP contribution in [0.5, 0.6) is 0 Å². The van der Waals surface area contributed by atoms with Gasteiger partial charge in [0.25, 0.3) is 0 Å². The van der Waals surface area contributed by atoms with Gasteiger partial charge in [-0.1, -0.05) is 60.7 Å². The molecule has 0 unspecified atom stereocenters. The van der Waals surface area contributed by atoms with Gasteiger partial charge in [0.1, 0.15) is 0 Å². The van der Waals surface area contributed by atoms with Crippen molar-refractivity contribution in [2.45, 2.75) is 0 Å². The van der Waals surface area contributed by atoms with Gasteiger partial charge in [-0.3, -0.25) is 9.97 Å². The molecule has 4 heterocycles. The highest BCUT2D eigenvalue weighted by Crippen LogP contribution is 2.40. The van der Waals surface area contributed by atoms with Crippen LogP contribution in [0.2, 0.25) is 0 Å². The number of benzene rings is 4. The molecule has 0 fully saturated rings. The summed E-state index contributed by atoms with van der Waals surface area (Å²) in [6, 6.07) is 40.5. The number of hydrogen-bond acceptors (Lipinski definition) is 2. The largest absolute Gasteiger partial charge is 0.317 e. The molecule has 0 radical (unpaired) electrons. The lowest BCUT2D eigenvalue weighted by atomic mass is 10.0. The molecular weight excluding hydrogens is 464 g/mol. The highest BCUT2D eigenvalue weighted by molar-refractivity contribution is 6.25. The normalized spacial score (nSPS) is 11.7. The zero-order chi connectivity index (χ0) is 25.1. The summed E-state index contributed by atoms with van der Waals surface area (Å²) < 4.78 is 4.63. The van der Waals surface area contributed by atoms with E-state index in [1.807, 2.05) is 24.4 Å². The first-order valence-corrected chi connectivity index (χ1v) is 12.8. The summed E-state index contributed by atoms with van der Waals surface area (Å²) in [5.74, 6) is 0. The van der Waals surface area contributed by atoms with E-state index in [1.54, 1.807) is 6.20 Å². The average Bonchev–Trinajstić information content (AvgIpc) is 3.58. The van der Waals surface area contributed by atoms with E-state index in [2.05, 4.69) is 117 Å². The molecule has 4 aromatic carbocycles. The van der Waals surface area contributed by atoms with Crippen molar-refractivity contribution in [3.05, 3.63) is 134 Å². The van der Waals surface area contributed by atoms with Crippen LogP contribution in [0.15, 0.2) is 134 Å². The van der Waals surface area contributed by atoms with E-state index in [1.165, 1.54) is 43.5 Å². The fourth-order valence-corrected chi connectivity index (χ4v) is 5.76. The Morgan fingerprint density at radius 2 is 1.32 bits per heavy atom. The van der Waals surface area contributed by atoms with Gasteiger partial charge in [0, 0.05) is 39.6 Å². The second-order valence-corrected chi connectivity index (χ2v) is 9.55. The van der Waals surface area contributed by atoms with Crippen molar-refractivity contribution in [2.24, 2.45) is 0 Å². The van der Waals surface area contributed by atoms with E-state index >= 15 is 0 Å². The van der Waals surface area contributed by atoms with Crippen molar-refractivity contribution in [3.8, 4) is 22.8 Å². The third-order valence-electron chi connectivity index (χ3n) is 7.45. The van der Waals surface area contributed by atoms with Gasteiger partial charge in [-0.05, 0) is 60.0 Å². The molecule has 0 bridgehead atoms. The van der Waals surface area contributed by atoms with Crippen LogP contribution in [-0.4, -0.2) is 19.1 Å². The quantitative estimate of drug-likeness (QED) is 0.252. The number of para-hydroxylation sites is 2. The molecule has 0 amide bonds. The summed E-state index contributed by atoms with van der Waals surface area (Å²) in [4.78, 5) is 9.29. The summed E-state index contributed by atoms with van der Waals surface area (Å²) in [6.45, 7) is 0. The van der Waals surface area contributed by atoms with Crippen molar-refractivity contribution in [1.82, 2.24) is 19.1 Å². The van der Waals surface area contributed by atoms with E-state index in [0.717, 1.165) is 22.8 Å². The maximum absolute atomic E-state index is 4.82. The van der Waals surface area contributed by atoms with Crippen LogP contribution in [0.25, 0.3) is 66.2 Å². The van der Waals surface area contributed by atoms with Gasteiger partial charge in [-0.15, -0.1) is 0 Å². The number of fused-ring (bicyclic) bond motifs is 7. The Morgan fingerprint density at radius 1 is 0.500 bits per heavy atom. The van der Waals surface area contributed by atoms with E-state index in [-0.39, 0.29) is 0 Å². The van der Waals surface area contributed by atoms with E-state index in [4.69, 9.17) is 4.98 Å². The smallest absolute Gasteiger partial charge is 0.0887 e. The molecule has 178 valence electrons. The number of pyridine rings is 2. The monoisotopic (exact) mass is 486 g/mol. The van der Waals surface area contributed by atoms with Crippen LogP contribution in [0.4, 0.5) is 0 Å². The summed E-state index contributed by atoms with van der Waals surface area (Å²) in [7, 11) is 0. The Hall–Kier alpha value is -5.22. The topological polar surface area (TPSA) is 35.6 Å². The molecule has 4 aromatic heterocycles. The Morgan fingerprint density at radius 3 is 2.16 bits per heavy atom. The van der Waals surface area contributed by atoms with Gasteiger partial charge in [-0.25, -0.2) is 0 Å². The lowest BCUT2D eigenvalue weighted by Crippen LogP contribution is -1.97. The first-order valence-electron chi connectivity index (χ1n) is 12.8. The van der Waals surface area contributed by atoms with Crippen molar-refractivity contribution < 1.29 is 0 Å². The van der Waals surface area contributed by atoms with Crippen molar-refractivity contribution >= 4 is 43.5 Å². The molecular formula is C34H22N4. The van der Waals surface area contributed by atoms with Crippen LogP contribution in [0.3, 0.4) is 0 Å². The van der Waals surface area contributed by atoms with E-state index in [0.29, 0.717) is 0 Å². The summed E-state index contributed by atoms with van der Waals surface area (Å²) in [5, 5.41) is 6.18. The minimum Gasteiger partial charge on any atom is -0.317 e. The number of hydrogen-bond donors (Lipinski definition) is 0. The van der Waals surface area contributed by atoms with Crippen LogP contribution >= 0.6 is 0 Å². The predicted molar refractivity (Wildman–Crippen MR) is 156 cm³/mol. The van der Waals surface area contributed by atoms with E-state index in [9.17, 15) is 0 Å². The maximum atomic E-state index is 4.82. The first-order chi connectivity index (χ1) is 18.9. The third-order valence-corrected chi connectivity index (χ3v) is 7.45. The lowest BCUT2D eigenvalue weighted by Gasteiger charge is -2.12. The predicted octanol–water partition coefficient (Wildman–Crippen LogP) is 8.34. The third kappa shape index (κ3) is 3.04. The maximum Gasteiger partial charge on any atom is 0.0887 e. The fraction of sp³-hybridized carbons (Fsp3) is 0. The molecule has 38 heavy (non-hydrogen) atoms. The number of nitrogens with zero attached hydrogens (tertiary/aromatic N) is 4. The Labute approximate surface area is 219 Å². The average molecular weight is 487 g/mol. The molecule has 0 spiro atoms. The van der Waals surface area contributed by atoms with Gasteiger partial charge in [0.05, 0.1) is 39.8 Å². The second-order valence-electron chi connectivity index (χ2n) is 9.55. The lowest BCUT2D eigenvalue weighted by molar-refractivity contribution is 1.13. The molecule has 0 aliphatic rings. The standard InChI is InChI=1S/C34H22N4/c1-2-8-24(9-3-1)37-21-19-28-31(37)18-14-23-13-16-27-26-10-4-5-12-32(26)38(34(27)33(23)28)25-15-17-30(36-22-25)29-11-6-7-20-35-29/h1-22H. The van der Waals surface area contributed by atoms with Crippen LogP contribution in [0, 0.1) is 0 Å². The molecule has 0 atom stereocenters.